The molecule has 9 heteroatoms. The second-order valence-corrected chi connectivity index (χ2v) is 14.8. The molecule has 0 aliphatic carbocycles. The summed E-state index contributed by atoms with van der Waals surface area (Å²) in [7, 11) is -1.33. The largest absolute Gasteiger partial charge is 0.381 e. The number of nitrogens with zero attached hydrogens (tertiary/aromatic N) is 4. The number of benzene rings is 2. The van der Waals surface area contributed by atoms with E-state index in [1.165, 1.54) is 25.5 Å². The Labute approximate surface area is 250 Å². The summed E-state index contributed by atoms with van der Waals surface area (Å²) in [6.45, 7) is 8.56. The van der Waals surface area contributed by atoms with Crippen molar-refractivity contribution in [1.82, 2.24) is 19.4 Å². The van der Waals surface area contributed by atoms with Gasteiger partial charge < -0.3 is 14.2 Å². The molecule has 3 aromatic rings. The van der Waals surface area contributed by atoms with E-state index >= 15 is 4.39 Å². The Morgan fingerprint density at radius 3 is 2.33 bits per heavy atom. The van der Waals surface area contributed by atoms with Crippen molar-refractivity contribution in [2.24, 2.45) is 7.05 Å². The van der Waals surface area contributed by atoms with Gasteiger partial charge in [0.25, 0.3) is 0 Å². The van der Waals surface area contributed by atoms with Gasteiger partial charge in [0.15, 0.2) is 9.84 Å². The van der Waals surface area contributed by atoms with Crippen molar-refractivity contribution >= 4 is 20.9 Å². The average molecular weight is 597 g/mol. The standard InChI is InChI=1S/C33H45FN4O3S/c1-5-25-19-27(18-22(2)38(25)26-12-16-41-17-13-26)37-14-10-23(11-15-37)29-20-32-31(21-30(29)34)35-33(36(32)3)24-6-8-28(9-7-24)42(4,39)40/h6-9,20-23,25-27H,5,10-19H2,1-4H3. The van der Waals surface area contributed by atoms with Crippen molar-refractivity contribution in [3.05, 3.63) is 47.8 Å². The van der Waals surface area contributed by atoms with Gasteiger partial charge >= 0.3 is 0 Å². The van der Waals surface area contributed by atoms with Crippen molar-refractivity contribution in [1.29, 1.82) is 0 Å². The van der Waals surface area contributed by atoms with Crippen molar-refractivity contribution in [2.75, 3.05) is 32.6 Å². The Morgan fingerprint density at radius 2 is 1.69 bits per heavy atom. The van der Waals surface area contributed by atoms with E-state index in [0.29, 0.717) is 35.5 Å². The first-order chi connectivity index (χ1) is 20.1. The van der Waals surface area contributed by atoms with Crippen molar-refractivity contribution in [2.45, 2.75) is 93.8 Å². The molecule has 3 aliphatic rings. The smallest absolute Gasteiger partial charge is 0.175 e. The SMILES string of the molecule is CCC1CC(N2CCC(c3cc4c(cc3F)nc(-c3ccc(S(C)(=O)=O)cc3)n4C)CC2)CC(C)N1C1CCOCC1. The van der Waals surface area contributed by atoms with Crippen LogP contribution in [0, 0.1) is 5.82 Å². The number of hydrogen-bond donors (Lipinski definition) is 0. The molecule has 3 saturated heterocycles. The molecule has 42 heavy (non-hydrogen) atoms. The van der Waals surface area contributed by atoms with Crippen LogP contribution in [0.5, 0.6) is 0 Å². The van der Waals surface area contributed by atoms with Crippen LogP contribution < -0.4 is 0 Å². The third-order valence-corrected chi connectivity index (χ3v) is 11.3. The Kier molecular flexibility index (Phi) is 8.48. The first kappa shape index (κ1) is 29.7. The monoisotopic (exact) mass is 596 g/mol. The van der Waals surface area contributed by atoms with Crippen LogP contribution in [-0.4, -0.2) is 84.5 Å². The van der Waals surface area contributed by atoms with Crippen LogP contribution in [0.3, 0.4) is 0 Å². The minimum absolute atomic E-state index is 0.178. The van der Waals surface area contributed by atoms with Crippen LogP contribution in [-0.2, 0) is 21.6 Å². The number of fused-ring (bicyclic) bond motifs is 1. The molecular formula is C33H45FN4O3S. The van der Waals surface area contributed by atoms with Gasteiger partial charge in [0.05, 0.1) is 15.9 Å². The number of sulfone groups is 1. The molecule has 0 spiro atoms. The molecular weight excluding hydrogens is 551 g/mol. The van der Waals surface area contributed by atoms with Gasteiger partial charge in [-0.2, -0.15) is 0 Å². The predicted octanol–water partition coefficient (Wildman–Crippen LogP) is 5.77. The van der Waals surface area contributed by atoms with Crippen LogP contribution in [0.4, 0.5) is 4.39 Å². The lowest BCUT2D eigenvalue weighted by Crippen LogP contribution is -2.58. The highest BCUT2D eigenvalue weighted by Crippen LogP contribution is 2.38. The lowest BCUT2D eigenvalue weighted by atomic mass is 9.83. The van der Waals surface area contributed by atoms with E-state index in [-0.39, 0.29) is 16.6 Å². The molecule has 3 unspecified atom stereocenters. The zero-order chi connectivity index (χ0) is 29.6. The molecule has 0 bridgehead atoms. The molecule has 3 fully saturated rings. The number of piperidine rings is 2. The number of halogens is 1. The van der Waals surface area contributed by atoms with E-state index in [4.69, 9.17) is 9.72 Å². The third kappa shape index (κ3) is 5.77. The van der Waals surface area contributed by atoms with E-state index in [2.05, 4.69) is 23.6 Å². The third-order valence-electron chi connectivity index (χ3n) is 10.2. The average Bonchev–Trinajstić information content (AvgIpc) is 3.31. The lowest BCUT2D eigenvalue weighted by molar-refractivity contribution is -0.0441. The Balaban J connectivity index is 1.15. The molecule has 7 nitrogen and oxygen atoms in total. The first-order valence-corrected chi connectivity index (χ1v) is 17.6. The Hall–Kier alpha value is -2.33. The molecule has 1 aromatic heterocycles. The fourth-order valence-electron chi connectivity index (χ4n) is 7.95. The van der Waals surface area contributed by atoms with Crippen molar-refractivity contribution < 1.29 is 17.5 Å². The predicted molar refractivity (Wildman–Crippen MR) is 165 cm³/mol. The number of hydrogen-bond acceptors (Lipinski definition) is 6. The number of ether oxygens (including phenoxy) is 1. The molecule has 3 aliphatic heterocycles. The van der Waals surface area contributed by atoms with Gasteiger partial charge in [-0.05, 0) is 107 Å². The van der Waals surface area contributed by atoms with Gasteiger partial charge in [-0.3, -0.25) is 4.90 Å². The van der Waals surface area contributed by atoms with E-state index < -0.39 is 9.84 Å². The number of aryl methyl sites for hydroxylation is 1. The highest BCUT2D eigenvalue weighted by atomic mass is 32.2. The topological polar surface area (TPSA) is 67.7 Å². The first-order valence-electron chi connectivity index (χ1n) is 15.7. The summed E-state index contributed by atoms with van der Waals surface area (Å²) in [5.41, 5.74) is 3.11. The maximum Gasteiger partial charge on any atom is 0.175 e. The summed E-state index contributed by atoms with van der Waals surface area (Å²) in [6, 6.07) is 12.8. The summed E-state index contributed by atoms with van der Waals surface area (Å²) in [4.78, 5) is 10.5. The molecule has 4 heterocycles. The van der Waals surface area contributed by atoms with Crippen LogP contribution in [0.25, 0.3) is 22.4 Å². The molecule has 3 atom stereocenters. The minimum atomic E-state index is -3.27. The fourth-order valence-corrected chi connectivity index (χ4v) is 8.58. The van der Waals surface area contributed by atoms with Crippen LogP contribution in [0.1, 0.15) is 70.3 Å². The number of rotatable bonds is 6. The number of aromatic nitrogens is 2. The second-order valence-electron chi connectivity index (χ2n) is 12.8. The molecule has 0 saturated carbocycles. The lowest BCUT2D eigenvalue weighted by Gasteiger charge is -2.51. The van der Waals surface area contributed by atoms with Crippen LogP contribution in [0.2, 0.25) is 0 Å². The summed E-state index contributed by atoms with van der Waals surface area (Å²) in [6.07, 6.45) is 9.06. The number of likely N-dealkylation sites (tertiary alicyclic amines) is 2. The van der Waals surface area contributed by atoms with Gasteiger partial charge in [0, 0.05) is 62.3 Å². The second kappa shape index (κ2) is 12.0. The summed E-state index contributed by atoms with van der Waals surface area (Å²) in [5, 5.41) is 0. The fraction of sp³-hybridized carbons (Fsp3) is 0.606. The zero-order valence-corrected chi connectivity index (χ0v) is 26.2. The van der Waals surface area contributed by atoms with Gasteiger partial charge in [0.1, 0.15) is 11.6 Å². The van der Waals surface area contributed by atoms with Crippen LogP contribution in [0.15, 0.2) is 41.3 Å². The van der Waals surface area contributed by atoms with Crippen LogP contribution >= 0.6 is 0 Å². The molecule has 0 radical (unpaired) electrons. The summed E-state index contributed by atoms with van der Waals surface area (Å²) < 4.78 is 46.9. The maximum absolute atomic E-state index is 15.5. The molecule has 6 rings (SSSR count). The van der Waals surface area contributed by atoms with E-state index in [9.17, 15) is 8.42 Å². The van der Waals surface area contributed by atoms with E-state index in [1.54, 1.807) is 30.3 Å². The quantitative estimate of drug-likeness (QED) is 0.360. The minimum Gasteiger partial charge on any atom is -0.381 e. The molecule has 0 amide bonds. The van der Waals surface area contributed by atoms with E-state index in [1.807, 2.05) is 17.7 Å². The zero-order valence-electron chi connectivity index (χ0n) is 25.4. The van der Waals surface area contributed by atoms with Gasteiger partial charge in [0.2, 0.25) is 0 Å². The highest BCUT2D eigenvalue weighted by molar-refractivity contribution is 7.90. The normalized spacial score (nSPS) is 25.8. The van der Waals surface area contributed by atoms with E-state index in [0.717, 1.165) is 68.6 Å². The van der Waals surface area contributed by atoms with Gasteiger partial charge in [-0.25, -0.2) is 17.8 Å². The van der Waals surface area contributed by atoms with Gasteiger partial charge in [-0.1, -0.05) is 6.92 Å². The Morgan fingerprint density at radius 1 is 1.00 bits per heavy atom. The van der Waals surface area contributed by atoms with Gasteiger partial charge in [-0.15, -0.1) is 0 Å². The summed E-state index contributed by atoms with van der Waals surface area (Å²) >= 11 is 0. The summed E-state index contributed by atoms with van der Waals surface area (Å²) in [5.74, 6) is 0.713. The number of imidazole rings is 1. The van der Waals surface area contributed by atoms with Crippen molar-refractivity contribution in [3.8, 4) is 11.4 Å². The van der Waals surface area contributed by atoms with Crippen molar-refractivity contribution in [3.63, 3.8) is 0 Å². The molecule has 228 valence electrons. The molecule has 2 aromatic carbocycles. The Bertz CT molecular complexity index is 1510. The molecule has 0 N–H and O–H groups in total. The highest BCUT2D eigenvalue weighted by Gasteiger charge is 2.40. The maximum atomic E-state index is 15.5.